The van der Waals surface area contributed by atoms with E-state index in [0.717, 1.165) is 63.2 Å². The number of unbranched alkanes of at least 4 members (excludes halogenated alkanes) is 5. The number of hydrogen-bond acceptors (Lipinski definition) is 3. The summed E-state index contributed by atoms with van der Waals surface area (Å²) in [5.74, 6) is -1.44. The Morgan fingerprint density at radius 2 is 1.47 bits per heavy atom. The lowest BCUT2D eigenvalue weighted by atomic mass is 9.70. The second kappa shape index (κ2) is 16.4. The smallest absolute Gasteiger partial charge is 0.341 e. The molecule has 0 amide bonds. The second-order valence-corrected chi connectivity index (χ2v) is 11.7. The Morgan fingerprint density at radius 1 is 0.842 bits per heavy atom. The van der Waals surface area contributed by atoms with Crippen molar-refractivity contribution in [2.24, 2.45) is 17.8 Å². The van der Waals surface area contributed by atoms with Crippen molar-refractivity contribution in [2.75, 3.05) is 6.61 Å². The Kier molecular flexibility index (Phi) is 13.3. The van der Waals surface area contributed by atoms with Crippen LogP contribution < -0.4 is 4.74 Å². The fourth-order valence-corrected chi connectivity index (χ4v) is 6.38. The summed E-state index contributed by atoms with van der Waals surface area (Å²) < 4.78 is 54.0. The lowest BCUT2D eigenvalue weighted by Crippen LogP contribution is -2.30. The highest BCUT2D eigenvalue weighted by atomic mass is 19.2. The molecule has 0 bridgehead atoms. The molecule has 2 aliphatic rings. The fraction of sp³-hybridized carbons (Fsp3) is 0.781. The Bertz CT molecular complexity index is 829. The van der Waals surface area contributed by atoms with Crippen LogP contribution in [0.3, 0.4) is 0 Å². The topological polar surface area (TPSA) is 35.5 Å². The zero-order valence-electron chi connectivity index (χ0n) is 23.6. The molecule has 0 saturated heterocycles. The number of hydrogen-bond donors (Lipinski definition) is 0. The summed E-state index contributed by atoms with van der Waals surface area (Å²) in [6.07, 6.45) is 16.9. The lowest BCUT2D eigenvalue weighted by Gasteiger charge is -2.37. The number of carbonyl (C=O) groups is 1. The van der Waals surface area contributed by atoms with Crippen LogP contribution in [0.4, 0.5) is 13.2 Å². The van der Waals surface area contributed by atoms with Gasteiger partial charge in [-0.3, -0.25) is 0 Å². The summed E-state index contributed by atoms with van der Waals surface area (Å²) in [5, 5.41) is 0. The van der Waals surface area contributed by atoms with Crippen molar-refractivity contribution in [3.8, 4) is 5.75 Å². The molecule has 3 nitrogen and oxygen atoms in total. The van der Waals surface area contributed by atoms with E-state index in [-0.39, 0.29) is 18.5 Å². The maximum Gasteiger partial charge on any atom is 0.341 e. The van der Waals surface area contributed by atoms with Gasteiger partial charge in [-0.15, -0.1) is 0 Å². The number of alkyl halides is 1. The summed E-state index contributed by atoms with van der Waals surface area (Å²) in [4.78, 5) is 12.6. The van der Waals surface area contributed by atoms with Crippen molar-refractivity contribution < 1.29 is 27.4 Å². The molecule has 0 radical (unpaired) electrons. The molecule has 0 heterocycles. The Morgan fingerprint density at radius 3 is 2.13 bits per heavy atom. The highest BCUT2D eigenvalue weighted by Crippen LogP contribution is 2.41. The lowest BCUT2D eigenvalue weighted by molar-refractivity contribution is 0.0103. The van der Waals surface area contributed by atoms with Gasteiger partial charge in [-0.1, -0.05) is 78.1 Å². The Hall–Kier alpha value is -1.72. The third-order valence-electron chi connectivity index (χ3n) is 8.82. The normalized spacial score (nSPS) is 24.7. The highest BCUT2D eigenvalue weighted by molar-refractivity contribution is 5.90. The maximum atomic E-state index is 14.7. The quantitative estimate of drug-likeness (QED) is 0.165. The van der Waals surface area contributed by atoms with Crippen LogP contribution >= 0.6 is 0 Å². The van der Waals surface area contributed by atoms with Gasteiger partial charge in [-0.05, 0) is 74.8 Å². The third-order valence-corrected chi connectivity index (χ3v) is 8.82. The summed E-state index contributed by atoms with van der Waals surface area (Å²) in [7, 11) is 0. The number of carbonyl (C=O) groups excluding carboxylic acids is 1. The van der Waals surface area contributed by atoms with Crippen LogP contribution in [0.5, 0.6) is 5.75 Å². The van der Waals surface area contributed by atoms with Gasteiger partial charge in [0.15, 0.2) is 11.6 Å². The molecule has 216 valence electrons. The van der Waals surface area contributed by atoms with Gasteiger partial charge in [-0.25, -0.2) is 13.6 Å². The minimum Gasteiger partial charge on any atom is -0.487 e. The number of ether oxygens (including phenoxy) is 2. The van der Waals surface area contributed by atoms with Crippen molar-refractivity contribution in [3.05, 3.63) is 29.3 Å². The van der Waals surface area contributed by atoms with Crippen molar-refractivity contribution in [2.45, 2.75) is 135 Å². The molecule has 2 fully saturated rings. The van der Waals surface area contributed by atoms with Gasteiger partial charge in [0.1, 0.15) is 18.9 Å². The second-order valence-electron chi connectivity index (χ2n) is 11.7. The van der Waals surface area contributed by atoms with Gasteiger partial charge >= 0.3 is 5.97 Å². The van der Waals surface area contributed by atoms with E-state index < -0.39 is 29.3 Å². The molecule has 1 aromatic rings. The minimum absolute atomic E-state index is 0.262. The van der Waals surface area contributed by atoms with Gasteiger partial charge in [0.05, 0.1) is 5.56 Å². The predicted octanol–water partition coefficient (Wildman–Crippen LogP) is 9.75. The average Bonchev–Trinajstić information content (AvgIpc) is 2.93. The maximum absolute atomic E-state index is 14.7. The number of benzene rings is 1. The average molecular weight is 539 g/mol. The molecule has 38 heavy (non-hydrogen) atoms. The molecule has 2 saturated carbocycles. The van der Waals surface area contributed by atoms with Crippen molar-refractivity contribution in [1.82, 2.24) is 0 Å². The Labute approximate surface area is 228 Å². The van der Waals surface area contributed by atoms with Gasteiger partial charge in [0.25, 0.3) is 0 Å². The third kappa shape index (κ3) is 9.48. The van der Waals surface area contributed by atoms with E-state index in [1.807, 2.05) is 0 Å². The first-order chi connectivity index (χ1) is 18.4. The van der Waals surface area contributed by atoms with Gasteiger partial charge < -0.3 is 9.47 Å². The minimum atomic E-state index is -1.30. The molecule has 6 heteroatoms. The first-order valence-corrected chi connectivity index (χ1v) is 15.4. The fourth-order valence-electron chi connectivity index (χ4n) is 6.38. The van der Waals surface area contributed by atoms with E-state index in [1.165, 1.54) is 63.5 Å². The van der Waals surface area contributed by atoms with Crippen LogP contribution in [-0.4, -0.2) is 24.9 Å². The van der Waals surface area contributed by atoms with Crippen LogP contribution in [0.1, 0.15) is 133 Å². The van der Waals surface area contributed by atoms with Crippen LogP contribution in [0.15, 0.2) is 12.1 Å². The summed E-state index contributed by atoms with van der Waals surface area (Å²) in [6.45, 7) is 4.00. The molecule has 2 aliphatic carbocycles. The van der Waals surface area contributed by atoms with E-state index >= 15 is 0 Å². The van der Waals surface area contributed by atoms with Crippen LogP contribution in [0.2, 0.25) is 0 Å². The summed E-state index contributed by atoms with van der Waals surface area (Å²) >= 11 is 0. The molecular formula is C32H49F3O3. The first-order valence-electron chi connectivity index (χ1n) is 15.4. The first kappa shape index (κ1) is 30.8. The summed E-state index contributed by atoms with van der Waals surface area (Å²) in [5.41, 5.74) is -0.435. The van der Waals surface area contributed by atoms with Gasteiger partial charge in [-0.2, -0.15) is 4.39 Å². The van der Waals surface area contributed by atoms with Crippen LogP contribution in [0.25, 0.3) is 0 Å². The molecule has 0 unspecified atom stereocenters. The predicted molar refractivity (Wildman–Crippen MR) is 146 cm³/mol. The zero-order valence-corrected chi connectivity index (χ0v) is 23.6. The van der Waals surface area contributed by atoms with Gasteiger partial charge in [0, 0.05) is 0 Å². The Balaban J connectivity index is 1.40. The molecule has 3 rings (SSSR count). The number of rotatable bonds is 15. The highest BCUT2D eigenvalue weighted by Gasteiger charge is 2.32. The van der Waals surface area contributed by atoms with E-state index in [1.54, 1.807) is 0 Å². The van der Waals surface area contributed by atoms with Crippen molar-refractivity contribution in [3.63, 3.8) is 0 Å². The molecular weight excluding hydrogens is 489 g/mol. The van der Waals surface area contributed by atoms with Crippen molar-refractivity contribution in [1.29, 1.82) is 0 Å². The molecule has 1 aromatic carbocycles. The van der Waals surface area contributed by atoms with Crippen LogP contribution in [0, 0.1) is 29.4 Å². The molecule has 0 spiro atoms. The van der Waals surface area contributed by atoms with E-state index in [2.05, 4.69) is 13.8 Å². The molecule has 0 N–H and O–H groups in total. The van der Waals surface area contributed by atoms with Crippen molar-refractivity contribution >= 4 is 5.97 Å². The van der Waals surface area contributed by atoms with Gasteiger partial charge in [0.2, 0.25) is 5.82 Å². The number of halogens is 3. The summed E-state index contributed by atoms with van der Waals surface area (Å²) in [6, 6.07) is 2.36. The monoisotopic (exact) mass is 538 g/mol. The molecule has 0 aromatic heterocycles. The zero-order chi connectivity index (χ0) is 27.3. The number of esters is 1. The SMILES string of the molecule is CCCCCC[C@H](F)COc1ccc(C(=O)OC2CCC([C@H]3CC[C@H](CCCCC)CC3)CC2)c(F)c1F. The van der Waals surface area contributed by atoms with E-state index in [4.69, 9.17) is 9.47 Å². The molecule has 0 aliphatic heterocycles. The van der Waals surface area contributed by atoms with Crippen LogP contribution in [-0.2, 0) is 4.74 Å². The standard InChI is InChI=1S/C32H49F3O3/c1-3-5-7-9-11-26(33)22-37-29-21-20-28(30(34)31(29)35)32(36)38-27-18-16-25(17-19-27)24-14-12-23(13-15-24)10-8-6-4-2/h20-21,23-27H,3-19,22H2,1-2H3/t23-,24-,25?,26-,27?/m0/s1. The largest absolute Gasteiger partial charge is 0.487 e. The van der Waals surface area contributed by atoms with E-state index in [0.29, 0.717) is 12.3 Å². The molecule has 1 atom stereocenters. The van der Waals surface area contributed by atoms with E-state index in [9.17, 15) is 18.0 Å².